The van der Waals surface area contributed by atoms with Gasteiger partial charge in [0.05, 0.1) is 18.5 Å². The monoisotopic (exact) mass is 202 g/mol. The zero-order chi connectivity index (χ0) is 9.68. The number of rotatable bonds is 5. The lowest BCUT2D eigenvalue weighted by atomic mass is 10.3. The second-order valence-electron chi connectivity index (χ2n) is 3.05. The zero-order valence-corrected chi connectivity index (χ0v) is 8.54. The lowest BCUT2D eigenvalue weighted by molar-refractivity contribution is 0.175. The van der Waals surface area contributed by atoms with Crippen molar-refractivity contribution in [1.29, 1.82) is 0 Å². The summed E-state index contributed by atoms with van der Waals surface area (Å²) in [6.45, 7) is 2.65. The van der Waals surface area contributed by atoms with Crippen molar-refractivity contribution in [2.45, 2.75) is 32.4 Å². The van der Waals surface area contributed by atoms with E-state index >= 15 is 0 Å². The average molecular weight is 203 g/mol. The van der Waals surface area contributed by atoms with E-state index in [-0.39, 0.29) is 5.88 Å². The smallest absolute Gasteiger partial charge is 0.108 e. The fourth-order valence-electron chi connectivity index (χ4n) is 1.23. The van der Waals surface area contributed by atoms with E-state index in [1.807, 2.05) is 10.8 Å². The van der Waals surface area contributed by atoms with Gasteiger partial charge >= 0.3 is 0 Å². The molecule has 1 unspecified atom stereocenters. The quantitative estimate of drug-likeness (QED) is 0.734. The van der Waals surface area contributed by atoms with Gasteiger partial charge in [-0.3, -0.25) is 0 Å². The SMILES string of the molecule is CCCc1nccn1CC(O)CCl. The van der Waals surface area contributed by atoms with Crippen LogP contribution in [0.4, 0.5) is 0 Å². The fraction of sp³-hybridized carbons (Fsp3) is 0.667. The van der Waals surface area contributed by atoms with Gasteiger partial charge < -0.3 is 9.67 Å². The summed E-state index contributed by atoms with van der Waals surface area (Å²) in [6.07, 6.45) is 5.16. The van der Waals surface area contributed by atoms with Gasteiger partial charge in [0.2, 0.25) is 0 Å². The Bertz CT molecular complexity index is 250. The van der Waals surface area contributed by atoms with Crippen molar-refractivity contribution in [3.8, 4) is 0 Å². The van der Waals surface area contributed by atoms with Gasteiger partial charge in [0, 0.05) is 18.8 Å². The standard InChI is InChI=1S/C9H15ClN2O/c1-2-3-9-11-4-5-12(9)7-8(13)6-10/h4-5,8,13H,2-3,6-7H2,1H3. The third kappa shape index (κ3) is 3.01. The molecular formula is C9H15ClN2O. The normalized spacial score (nSPS) is 13.2. The maximum Gasteiger partial charge on any atom is 0.108 e. The third-order valence-corrected chi connectivity index (χ3v) is 2.22. The molecule has 0 spiro atoms. The Balaban J connectivity index is 2.59. The highest BCUT2D eigenvalue weighted by atomic mass is 35.5. The molecule has 3 nitrogen and oxygen atoms in total. The highest BCUT2D eigenvalue weighted by Crippen LogP contribution is 2.03. The van der Waals surface area contributed by atoms with Gasteiger partial charge in [0.15, 0.2) is 0 Å². The van der Waals surface area contributed by atoms with Crippen LogP contribution in [0.15, 0.2) is 12.4 Å². The molecule has 13 heavy (non-hydrogen) atoms. The van der Waals surface area contributed by atoms with E-state index in [2.05, 4.69) is 11.9 Å². The Morgan fingerprint density at radius 1 is 1.69 bits per heavy atom. The number of halogens is 1. The van der Waals surface area contributed by atoms with Gasteiger partial charge in [-0.1, -0.05) is 6.92 Å². The first-order chi connectivity index (χ1) is 6.27. The minimum absolute atomic E-state index is 0.268. The van der Waals surface area contributed by atoms with Gasteiger partial charge in [-0.15, -0.1) is 11.6 Å². The molecule has 1 heterocycles. The van der Waals surface area contributed by atoms with E-state index in [0.717, 1.165) is 18.7 Å². The number of hydrogen-bond acceptors (Lipinski definition) is 2. The Labute approximate surface area is 83.4 Å². The molecule has 0 aliphatic heterocycles. The second-order valence-corrected chi connectivity index (χ2v) is 3.36. The van der Waals surface area contributed by atoms with Crippen LogP contribution in [0.25, 0.3) is 0 Å². The number of nitrogens with zero attached hydrogens (tertiary/aromatic N) is 2. The molecule has 0 bridgehead atoms. The van der Waals surface area contributed by atoms with Gasteiger partial charge in [0.1, 0.15) is 5.82 Å². The Kier molecular flexibility index (Phi) is 4.25. The summed E-state index contributed by atoms with van der Waals surface area (Å²) in [5.41, 5.74) is 0. The van der Waals surface area contributed by atoms with Crippen LogP contribution in [-0.4, -0.2) is 26.6 Å². The molecule has 0 radical (unpaired) electrons. The minimum atomic E-state index is -0.480. The molecule has 0 aromatic carbocycles. The van der Waals surface area contributed by atoms with Crippen LogP contribution >= 0.6 is 11.6 Å². The van der Waals surface area contributed by atoms with Crippen LogP contribution in [0.2, 0.25) is 0 Å². The number of alkyl halides is 1. The number of hydrogen-bond donors (Lipinski definition) is 1. The van der Waals surface area contributed by atoms with Crippen molar-refractivity contribution in [1.82, 2.24) is 9.55 Å². The molecule has 0 saturated carbocycles. The molecule has 1 aromatic heterocycles. The molecule has 0 aliphatic carbocycles. The first-order valence-corrected chi connectivity index (χ1v) is 5.05. The molecule has 1 N–H and O–H groups in total. The molecular weight excluding hydrogens is 188 g/mol. The van der Waals surface area contributed by atoms with Crippen molar-refractivity contribution < 1.29 is 5.11 Å². The lowest BCUT2D eigenvalue weighted by Gasteiger charge is -2.10. The van der Waals surface area contributed by atoms with Crippen LogP contribution < -0.4 is 0 Å². The zero-order valence-electron chi connectivity index (χ0n) is 7.78. The summed E-state index contributed by atoms with van der Waals surface area (Å²) in [5, 5.41) is 9.34. The molecule has 0 fully saturated rings. The number of aromatic nitrogens is 2. The summed E-state index contributed by atoms with van der Waals surface area (Å²) < 4.78 is 1.95. The summed E-state index contributed by atoms with van der Waals surface area (Å²) in [5.74, 6) is 1.29. The van der Waals surface area contributed by atoms with Gasteiger partial charge in [-0.2, -0.15) is 0 Å². The topological polar surface area (TPSA) is 38.0 Å². The highest BCUT2D eigenvalue weighted by Gasteiger charge is 2.06. The van der Waals surface area contributed by atoms with Crippen LogP contribution in [0.3, 0.4) is 0 Å². The largest absolute Gasteiger partial charge is 0.390 e. The van der Waals surface area contributed by atoms with E-state index in [4.69, 9.17) is 11.6 Å². The average Bonchev–Trinajstić information content (AvgIpc) is 2.54. The first kappa shape index (κ1) is 10.5. The van der Waals surface area contributed by atoms with Crippen molar-refractivity contribution in [2.24, 2.45) is 0 Å². The summed E-state index contributed by atoms with van der Waals surface area (Å²) in [7, 11) is 0. The van der Waals surface area contributed by atoms with Crippen molar-refractivity contribution in [3.63, 3.8) is 0 Å². The van der Waals surface area contributed by atoms with E-state index in [1.165, 1.54) is 0 Å². The predicted octanol–water partition coefficient (Wildman–Crippen LogP) is 1.44. The van der Waals surface area contributed by atoms with Gasteiger partial charge in [0.25, 0.3) is 0 Å². The van der Waals surface area contributed by atoms with E-state index in [0.29, 0.717) is 6.54 Å². The Hall–Kier alpha value is -0.540. The lowest BCUT2D eigenvalue weighted by Crippen LogP contribution is -2.18. The molecule has 0 aliphatic rings. The molecule has 0 saturated heterocycles. The van der Waals surface area contributed by atoms with Crippen LogP contribution in [0, 0.1) is 0 Å². The molecule has 1 atom stereocenters. The maximum absolute atomic E-state index is 9.34. The van der Waals surface area contributed by atoms with E-state index in [9.17, 15) is 5.11 Å². The van der Waals surface area contributed by atoms with Gasteiger partial charge in [-0.05, 0) is 6.42 Å². The van der Waals surface area contributed by atoms with Crippen molar-refractivity contribution >= 4 is 11.6 Å². The van der Waals surface area contributed by atoms with Crippen LogP contribution in [0.5, 0.6) is 0 Å². The molecule has 1 aromatic rings. The van der Waals surface area contributed by atoms with Crippen molar-refractivity contribution in [2.75, 3.05) is 5.88 Å². The minimum Gasteiger partial charge on any atom is -0.390 e. The molecule has 4 heteroatoms. The summed E-state index contributed by atoms with van der Waals surface area (Å²) >= 11 is 5.51. The third-order valence-electron chi connectivity index (χ3n) is 1.86. The van der Waals surface area contributed by atoms with Crippen molar-refractivity contribution in [3.05, 3.63) is 18.2 Å². The Morgan fingerprint density at radius 2 is 2.46 bits per heavy atom. The molecule has 74 valence electrons. The van der Waals surface area contributed by atoms with Gasteiger partial charge in [-0.25, -0.2) is 4.98 Å². The van der Waals surface area contributed by atoms with Crippen LogP contribution in [0.1, 0.15) is 19.2 Å². The summed E-state index contributed by atoms with van der Waals surface area (Å²) in [6, 6.07) is 0. The van der Waals surface area contributed by atoms with E-state index in [1.54, 1.807) is 6.20 Å². The first-order valence-electron chi connectivity index (χ1n) is 4.52. The predicted molar refractivity (Wildman–Crippen MR) is 52.9 cm³/mol. The maximum atomic E-state index is 9.34. The number of aliphatic hydroxyl groups excluding tert-OH is 1. The molecule has 1 rings (SSSR count). The number of aryl methyl sites for hydroxylation is 1. The Morgan fingerprint density at radius 3 is 3.08 bits per heavy atom. The van der Waals surface area contributed by atoms with E-state index < -0.39 is 6.10 Å². The number of aliphatic hydroxyl groups is 1. The highest BCUT2D eigenvalue weighted by molar-refractivity contribution is 6.18. The second kappa shape index (κ2) is 5.25. The number of imidazole rings is 1. The fourth-order valence-corrected chi connectivity index (χ4v) is 1.33. The summed E-state index contributed by atoms with van der Waals surface area (Å²) in [4.78, 5) is 4.20. The van der Waals surface area contributed by atoms with Crippen LogP contribution in [-0.2, 0) is 13.0 Å². The molecule has 0 amide bonds.